The lowest BCUT2D eigenvalue weighted by atomic mass is 10.0. The van der Waals surface area contributed by atoms with E-state index in [9.17, 15) is 4.79 Å². The molecule has 110 valence electrons. The maximum Gasteiger partial charge on any atom is 0.248 e. The van der Waals surface area contributed by atoms with Gasteiger partial charge in [-0.15, -0.1) is 0 Å². The molecule has 0 bridgehead atoms. The lowest BCUT2D eigenvalue weighted by molar-refractivity contribution is 0.1000. The topological polar surface area (TPSA) is 58.4 Å². The molecule has 2 aromatic carbocycles. The van der Waals surface area contributed by atoms with Gasteiger partial charge in [-0.2, -0.15) is 0 Å². The summed E-state index contributed by atoms with van der Waals surface area (Å²) in [6.07, 6.45) is 0. The molecule has 0 aliphatic carbocycles. The van der Waals surface area contributed by atoms with E-state index >= 15 is 0 Å². The first-order valence-corrected chi connectivity index (χ1v) is 6.88. The third-order valence-corrected chi connectivity index (χ3v) is 3.47. The average molecular weight is 283 g/mol. The largest absolute Gasteiger partial charge is 0.381 e. The molecule has 0 aliphatic heterocycles. The van der Waals surface area contributed by atoms with Gasteiger partial charge in [0.1, 0.15) is 0 Å². The van der Waals surface area contributed by atoms with E-state index in [2.05, 4.69) is 22.3 Å². The Bertz CT molecular complexity index is 650. The normalized spacial score (nSPS) is 10.2. The Hall–Kier alpha value is -2.49. The van der Waals surface area contributed by atoms with Crippen molar-refractivity contribution in [1.29, 1.82) is 0 Å². The first-order valence-electron chi connectivity index (χ1n) is 6.88. The highest BCUT2D eigenvalue weighted by Gasteiger charge is 2.04. The highest BCUT2D eigenvalue weighted by molar-refractivity contribution is 5.93. The number of nitrogens with zero attached hydrogens (tertiary/aromatic N) is 1. The number of nitrogens with two attached hydrogens (primary N) is 1. The van der Waals surface area contributed by atoms with Crippen LogP contribution in [0.25, 0.3) is 0 Å². The Morgan fingerprint density at radius 2 is 1.95 bits per heavy atom. The maximum absolute atomic E-state index is 11.1. The van der Waals surface area contributed by atoms with Crippen molar-refractivity contribution < 1.29 is 4.79 Å². The minimum Gasteiger partial charge on any atom is -0.381 e. The quantitative estimate of drug-likeness (QED) is 0.887. The van der Waals surface area contributed by atoms with Crippen LogP contribution in [0.15, 0.2) is 42.5 Å². The molecule has 3 N–H and O–H groups in total. The molecule has 1 amide bonds. The number of nitrogens with one attached hydrogen (secondary N) is 1. The number of hydrogen-bond acceptors (Lipinski definition) is 3. The van der Waals surface area contributed by atoms with Gasteiger partial charge in [-0.3, -0.25) is 4.79 Å². The molecule has 4 heteroatoms. The molecule has 0 unspecified atom stereocenters. The van der Waals surface area contributed by atoms with Gasteiger partial charge in [0.25, 0.3) is 0 Å². The molecule has 0 spiro atoms. The van der Waals surface area contributed by atoms with Crippen molar-refractivity contribution in [3.8, 4) is 0 Å². The molecule has 0 aliphatic rings. The van der Waals surface area contributed by atoms with Crippen LogP contribution < -0.4 is 16.0 Å². The van der Waals surface area contributed by atoms with Crippen molar-refractivity contribution in [2.45, 2.75) is 13.5 Å². The maximum atomic E-state index is 11.1. The molecule has 4 nitrogen and oxygen atoms in total. The van der Waals surface area contributed by atoms with Crippen LogP contribution in [0.3, 0.4) is 0 Å². The van der Waals surface area contributed by atoms with Crippen LogP contribution in [0, 0.1) is 6.92 Å². The summed E-state index contributed by atoms with van der Waals surface area (Å²) < 4.78 is 0. The van der Waals surface area contributed by atoms with Crippen molar-refractivity contribution >= 4 is 17.3 Å². The van der Waals surface area contributed by atoms with Crippen molar-refractivity contribution in [2.75, 3.05) is 24.3 Å². The zero-order chi connectivity index (χ0) is 15.4. The zero-order valence-electron chi connectivity index (χ0n) is 12.7. The number of anilines is 2. The van der Waals surface area contributed by atoms with Crippen molar-refractivity contribution in [1.82, 2.24) is 0 Å². The van der Waals surface area contributed by atoms with Crippen LogP contribution in [0.2, 0.25) is 0 Å². The molecule has 0 saturated heterocycles. The molecule has 0 fully saturated rings. The first-order chi connectivity index (χ1) is 9.97. The fourth-order valence-electron chi connectivity index (χ4n) is 2.14. The number of aryl methyl sites for hydroxylation is 1. The number of carbonyl (C=O) groups excluding carboxylic acids is 1. The monoisotopic (exact) mass is 283 g/mol. The first kappa shape index (κ1) is 14.9. The van der Waals surface area contributed by atoms with Crippen LogP contribution >= 0.6 is 0 Å². The molecule has 0 heterocycles. The van der Waals surface area contributed by atoms with Crippen LogP contribution in [-0.4, -0.2) is 20.0 Å². The number of benzene rings is 2. The Kier molecular flexibility index (Phi) is 4.48. The van der Waals surface area contributed by atoms with Crippen LogP contribution in [0.4, 0.5) is 11.4 Å². The molecule has 0 atom stereocenters. The smallest absolute Gasteiger partial charge is 0.248 e. The van der Waals surface area contributed by atoms with Crippen LogP contribution in [0.1, 0.15) is 21.5 Å². The predicted molar refractivity (Wildman–Crippen MR) is 87.8 cm³/mol. The number of primary amides is 1. The van der Waals surface area contributed by atoms with Gasteiger partial charge in [0.15, 0.2) is 0 Å². The Morgan fingerprint density at radius 1 is 1.19 bits per heavy atom. The van der Waals surface area contributed by atoms with E-state index in [0.717, 1.165) is 22.5 Å². The molecule has 0 aromatic heterocycles. The van der Waals surface area contributed by atoms with Gasteiger partial charge in [-0.1, -0.05) is 12.1 Å². The standard InChI is InChI=1S/C17H21N3O/c1-12-9-13(17(18)21)7-8-14(12)11-19-15-5-4-6-16(10-15)20(2)3/h4-10,19H,11H2,1-3H3,(H2,18,21). The van der Waals surface area contributed by atoms with Crippen LogP contribution in [-0.2, 0) is 6.54 Å². The summed E-state index contributed by atoms with van der Waals surface area (Å²) in [7, 11) is 4.04. The highest BCUT2D eigenvalue weighted by Crippen LogP contribution is 2.19. The van der Waals surface area contributed by atoms with E-state index in [4.69, 9.17) is 5.73 Å². The molecule has 0 saturated carbocycles. The van der Waals surface area contributed by atoms with Crippen molar-refractivity contribution in [3.63, 3.8) is 0 Å². The summed E-state index contributed by atoms with van der Waals surface area (Å²) in [6, 6.07) is 13.8. The van der Waals surface area contributed by atoms with E-state index in [0.29, 0.717) is 12.1 Å². The second-order valence-electron chi connectivity index (χ2n) is 5.30. The Morgan fingerprint density at radius 3 is 2.57 bits per heavy atom. The third-order valence-electron chi connectivity index (χ3n) is 3.47. The summed E-state index contributed by atoms with van der Waals surface area (Å²) in [5.41, 5.74) is 10.3. The minimum absolute atomic E-state index is 0.392. The second-order valence-corrected chi connectivity index (χ2v) is 5.30. The molecule has 2 rings (SSSR count). The minimum atomic E-state index is -0.392. The van der Waals surface area contributed by atoms with Gasteiger partial charge in [0.05, 0.1) is 0 Å². The number of amides is 1. The molecular formula is C17H21N3O. The van der Waals surface area contributed by atoms with Gasteiger partial charge in [-0.25, -0.2) is 0 Å². The predicted octanol–water partition coefficient (Wildman–Crippen LogP) is 2.77. The van der Waals surface area contributed by atoms with Gasteiger partial charge < -0.3 is 16.0 Å². The highest BCUT2D eigenvalue weighted by atomic mass is 16.1. The fraction of sp³-hybridized carbons (Fsp3) is 0.235. The van der Waals surface area contributed by atoms with E-state index in [1.807, 2.05) is 45.3 Å². The van der Waals surface area contributed by atoms with Gasteiger partial charge in [0, 0.05) is 37.6 Å². The summed E-state index contributed by atoms with van der Waals surface area (Å²) in [6.45, 7) is 2.70. The Labute approximate surface area is 125 Å². The average Bonchev–Trinajstić information content (AvgIpc) is 2.46. The van der Waals surface area contributed by atoms with Crippen molar-refractivity contribution in [2.24, 2.45) is 5.73 Å². The Balaban J connectivity index is 2.09. The molecule has 2 aromatic rings. The fourth-order valence-corrected chi connectivity index (χ4v) is 2.14. The third kappa shape index (κ3) is 3.75. The zero-order valence-corrected chi connectivity index (χ0v) is 12.7. The second kappa shape index (κ2) is 6.31. The van der Waals surface area contributed by atoms with Gasteiger partial charge in [0.2, 0.25) is 5.91 Å². The lowest BCUT2D eigenvalue weighted by Crippen LogP contribution is -2.12. The summed E-state index contributed by atoms with van der Waals surface area (Å²) in [4.78, 5) is 13.2. The molecule has 0 radical (unpaired) electrons. The van der Waals surface area contributed by atoms with E-state index in [1.54, 1.807) is 6.07 Å². The summed E-state index contributed by atoms with van der Waals surface area (Å²) in [5, 5.41) is 3.40. The van der Waals surface area contributed by atoms with E-state index in [-0.39, 0.29) is 0 Å². The van der Waals surface area contributed by atoms with Crippen LogP contribution in [0.5, 0.6) is 0 Å². The summed E-state index contributed by atoms with van der Waals surface area (Å²) >= 11 is 0. The van der Waals surface area contributed by atoms with E-state index < -0.39 is 5.91 Å². The molecule has 21 heavy (non-hydrogen) atoms. The van der Waals surface area contributed by atoms with Crippen molar-refractivity contribution in [3.05, 3.63) is 59.2 Å². The number of rotatable bonds is 5. The molecular weight excluding hydrogens is 262 g/mol. The summed E-state index contributed by atoms with van der Waals surface area (Å²) in [5.74, 6) is -0.392. The number of carbonyl (C=O) groups is 1. The van der Waals surface area contributed by atoms with Gasteiger partial charge in [-0.05, 0) is 48.4 Å². The SMILES string of the molecule is Cc1cc(C(N)=O)ccc1CNc1cccc(N(C)C)c1. The lowest BCUT2D eigenvalue weighted by Gasteiger charge is -2.15. The van der Waals surface area contributed by atoms with Gasteiger partial charge >= 0.3 is 0 Å². The number of hydrogen-bond donors (Lipinski definition) is 2. The van der Waals surface area contributed by atoms with E-state index in [1.165, 1.54) is 0 Å².